The SMILES string of the molecule is CC(C)c1ccc(N2C[C@H](CS(C)(=O)=O)[C@H]2C)c2cnc(Nc3ccnc(-c4cn(C5CC(C)(C#N)C5)nc4Cl)n3)cc12. The summed E-state index contributed by atoms with van der Waals surface area (Å²) in [5.41, 5.74) is 2.58. The largest absolute Gasteiger partial charge is 0.368 e. The van der Waals surface area contributed by atoms with Crippen molar-refractivity contribution in [2.24, 2.45) is 11.3 Å². The number of nitrogens with zero attached hydrogens (tertiary/aromatic N) is 7. The van der Waals surface area contributed by atoms with Crippen LogP contribution in [0.5, 0.6) is 0 Å². The van der Waals surface area contributed by atoms with Crippen molar-refractivity contribution in [2.75, 3.05) is 28.8 Å². The van der Waals surface area contributed by atoms with Crippen LogP contribution in [0, 0.1) is 22.7 Å². The summed E-state index contributed by atoms with van der Waals surface area (Å²) in [5.74, 6) is 2.28. The third-order valence-electron chi connectivity index (χ3n) is 8.82. The van der Waals surface area contributed by atoms with E-state index in [1.54, 1.807) is 12.3 Å². The molecular weight excluding hydrogens is 584 g/mol. The summed E-state index contributed by atoms with van der Waals surface area (Å²) in [5, 5.41) is 19.6. The number of halogens is 1. The highest BCUT2D eigenvalue weighted by Crippen LogP contribution is 2.48. The lowest BCUT2D eigenvalue weighted by atomic mass is 9.68. The third kappa shape index (κ3) is 5.66. The molecule has 43 heavy (non-hydrogen) atoms. The predicted molar refractivity (Wildman–Crippen MR) is 169 cm³/mol. The first kappa shape index (κ1) is 29.3. The zero-order chi connectivity index (χ0) is 30.7. The Kier molecular flexibility index (Phi) is 7.33. The van der Waals surface area contributed by atoms with E-state index in [2.05, 4.69) is 59.3 Å². The van der Waals surface area contributed by atoms with Crippen molar-refractivity contribution >= 4 is 49.5 Å². The average molecular weight is 619 g/mol. The number of sulfone groups is 1. The Morgan fingerprint density at radius 3 is 2.63 bits per heavy atom. The highest BCUT2D eigenvalue weighted by molar-refractivity contribution is 7.90. The number of anilines is 3. The standard InChI is InChI=1S/C31H35ClN8O2S/c1-18(2)22-6-7-26(39-14-20(19(39)3)16-43(5,41)42)24-13-35-28(10-23(22)24)36-27-8-9-34-30(37-27)25-15-40(38-29(25)32)21-11-31(4,12-21)17-33/h6-10,13,15,18-21H,11-12,14,16H2,1-5H3,(H,34,35,36,37)/t19-,20-,21?,31?/m1/s1. The quantitative estimate of drug-likeness (QED) is 0.247. The second kappa shape index (κ2) is 10.8. The van der Waals surface area contributed by atoms with E-state index in [-0.39, 0.29) is 29.2 Å². The van der Waals surface area contributed by atoms with Gasteiger partial charge in [-0.1, -0.05) is 31.5 Å². The van der Waals surface area contributed by atoms with Crippen molar-refractivity contribution in [3.63, 3.8) is 0 Å². The maximum atomic E-state index is 11.9. The number of hydrogen-bond acceptors (Lipinski definition) is 9. The number of nitriles is 1. The second-order valence-electron chi connectivity index (χ2n) is 12.6. The summed E-state index contributed by atoms with van der Waals surface area (Å²) in [6.45, 7) is 9.08. The Labute approximate surface area is 257 Å². The van der Waals surface area contributed by atoms with Crippen molar-refractivity contribution in [2.45, 2.75) is 58.5 Å². The fourth-order valence-electron chi connectivity index (χ4n) is 6.31. The Balaban J connectivity index is 1.26. The van der Waals surface area contributed by atoms with E-state index in [1.807, 2.05) is 30.1 Å². The van der Waals surface area contributed by atoms with Gasteiger partial charge in [0.25, 0.3) is 0 Å². The van der Waals surface area contributed by atoms with Crippen LogP contribution in [0.15, 0.2) is 42.9 Å². The lowest BCUT2D eigenvalue weighted by molar-refractivity contribution is 0.133. The number of fused-ring (bicyclic) bond motifs is 1. The van der Waals surface area contributed by atoms with Crippen LogP contribution in [-0.4, -0.2) is 57.7 Å². The lowest BCUT2D eigenvalue weighted by Gasteiger charge is -2.48. The first-order chi connectivity index (χ1) is 20.3. The molecule has 4 aromatic rings. The molecule has 224 valence electrons. The van der Waals surface area contributed by atoms with Crippen LogP contribution < -0.4 is 10.2 Å². The molecule has 1 saturated carbocycles. The van der Waals surface area contributed by atoms with Crippen LogP contribution >= 0.6 is 11.6 Å². The Bertz CT molecular complexity index is 1860. The molecule has 1 N–H and O–H groups in total. The minimum Gasteiger partial charge on any atom is -0.368 e. The van der Waals surface area contributed by atoms with Gasteiger partial charge in [0, 0.05) is 54.4 Å². The number of rotatable bonds is 8. The molecule has 6 rings (SSSR count). The number of aromatic nitrogens is 5. The first-order valence-corrected chi connectivity index (χ1v) is 16.9. The Morgan fingerprint density at radius 2 is 1.95 bits per heavy atom. The predicted octanol–water partition coefficient (Wildman–Crippen LogP) is 6.14. The van der Waals surface area contributed by atoms with E-state index in [0.29, 0.717) is 40.6 Å². The molecule has 1 aromatic carbocycles. The van der Waals surface area contributed by atoms with E-state index < -0.39 is 9.84 Å². The van der Waals surface area contributed by atoms with Gasteiger partial charge in [-0.3, -0.25) is 4.68 Å². The number of pyridine rings is 1. The molecular formula is C31H35ClN8O2S. The molecule has 1 aliphatic heterocycles. The van der Waals surface area contributed by atoms with Crippen LogP contribution in [0.25, 0.3) is 22.2 Å². The zero-order valence-corrected chi connectivity index (χ0v) is 26.5. The lowest BCUT2D eigenvalue weighted by Crippen LogP contribution is -2.57. The average Bonchev–Trinajstić information content (AvgIpc) is 3.33. The van der Waals surface area contributed by atoms with Gasteiger partial charge in [-0.05, 0) is 61.8 Å². The van der Waals surface area contributed by atoms with Crippen molar-refractivity contribution in [1.82, 2.24) is 24.7 Å². The topological polar surface area (TPSA) is 130 Å². The van der Waals surface area contributed by atoms with E-state index in [0.717, 1.165) is 29.3 Å². The molecule has 10 nitrogen and oxygen atoms in total. The minimum absolute atomic E-state index is 0.114. The van der Waals surface area contributed by atoms with Crippen molar-refractivity contribution in [1.29, 1.82) is 5.26 Å². The fourth-order valence-corrected chi connectivity index (χ4v) is 7.69. The van der Waals surface area contributed by atoms with Gasteiger partial charge in [-0.2, -0.15) is 10.4 Å². The molecule has 0 unspecified atom stereocenters. The minimum atomic E-state index is -3.03. The van der Waals surface area contributed by atoms with Gasteiger partial charge < -0.3 is 10.2 Å². The fraction of sp³-hybridized carbons (Fsp3) is 0.452. The maximum absolute atomic E-state index is 11.9. The molecule has 0 spiro atoms. The summed E-state index contributed by atoms with van der Waals surface area (Å²) >= 11 is 6.50. The van der Waals surface area contributed by atoms with Gasteiger partial charge in [-0.25, -0.2) is 23.4 Å². The maximum Gasteiger partial charge on any atom is 0.166 e. The van der Waals surface area contributed by atoms with Gasteiger partial charge in [0.1, 0.15) is 21.5 Å². The highest BCUT2D eigenvalue weighted by atomic mass is 35.5. The van der Waals surface area contributed by atoms with Crippen LogP contribution in [0.4, 0.5) is 17.3 Å². The van der Waals surface area contributed by atoms with E-state index in [4.69, 9.17) is 21.6 Å². The highest BCUT2D eigenvalue weighted by Gasteiger charge is 2.42. The summed E-state index contributed by atoms with van der Waals surface area (Å²) in [6.07, 6.45) is 8.17. The molecule has 4 heterocycles. The summed E-state index contributed by atoms with van der Waals surface area (Å²) in [7, 11) is -3.03. The smallest absolute Gasteiger partial charge is 0.166 e. The molecule has 2 fully saturated rings. The van der Waals surface area contributed by atoms with Crippen molar-refractivity contribution in [3.05, 3.63) is 53.6 Å². The Morgan fingerprint density at radius 1 is 1.19 bits per heavy atom. The normalized spacial score (nSPS) is 23.6. The molecule has 2 aliphatic rings. The molecule has 0 amide bonds. The molecule has 2 atom stereocenters. The molecule has 1 aliphatic carbocycles. The van der Waals surface area contributed by atoms with Gasteiger partial charge in [0.15, 0.2) is 11.0 Å². The second-order valence-corrected chi connectivity index (χ2v) is 15.2. The van der Waals surface area contributed by atoms with Gasteiger partial charge in [0.05, 0.1) is 28.8 Å². The van der Waals surface area contributed by atoms with E-state index in [9.17, 15) is 13.7 Å². The molecule has 3 aromatic heterocycles. The van der Waals surface area contributed by atoms with Crippen molar-refractivity contribution in [3.8, 4) is 17.5 Å². The first-order valence-electron chi connectivity index (χ1n) is 14.5. The van der Waals surface area contributed by atoms with E-state index >= 15 is 0 Å². The van der Waals surface area contributed by atoms with Gasteiger partial charge in [-0.15, -0.1) is 0 Å². The molecule has 0 bridgehead atoms. The summed E-state index contributed by atoms with van der Waals surface area (Å²) in [4.78, 5) is 16.1. The third-order valence-corrected chi connectivity index (χ3v) is 10.1. The van der Waals surface area contributed by atoms with Crippen LogP contribution in [0.2, 0.25) is 5.15 Å². The molecule has 1 saturated heterocycles. The summed E-state index contributed by atoms with van der Waals surface area (Å²) in [6, 6.07) is 10.7. The molecule has 12 heteroatoms. The monoisotopic (exact) mass is 618 g/mol. The van der Waals surface area contributed by atoms with Crippen LogP contribution in [0.1, 0.15) is 58.1 Å². The Hall–Kier alpha value is -3.75. The number of nitrogens with one attached hydrogen (secondary N) is 1. The summed E-state index contributed by atoms with van der Waals surface area (Å²) < 4.78 is 25.6. The van der Waals surface area contributed by atoms with Crippen LogP contribution in [-0.2, 0) is 9.84 Å². The number of hydrogen-bond donors (Lipinski definition) is 1. The van der Waals surface area contributed by atoms with E-state index in [1.165, 1.54) is 11.8 Å². The van der Waals surface area contributed by atoms with Crippen molar-refractivity contribution < 1.29 is 8.42 Å². The van der Waals surface area contributed by atoms with Gasteiger partial charge >= 0.3 is 0 Å². The van der Waals surface area contributed by atoms with Crippen LogP contribution in [0.3, 0.4) is 0 Å². The van der Waals surface area contributed by atoms with Gasteiger partial charge in [0.2, 0.25) is 0 Å². The zero-order valence-electron chi connectivity index (χ0n) is 24.9. The number of benzene rings is 1. The molecule has 0 radical (unpaired) electrons.